The van der Waals surface area contributed by atoms with Crippen molar-refractivity contribution >= 4 is 44.0 Å². The molecule has 0 saturated heterocycles. The van der Waals surface area contributed by atoms with Crippen molar-refractivity contribution in [3.8, 4) is 67.8 Å². The van der Waals surface area contributed by atoms with E-state index in [-0.39, 0.29) is 0 Å². The van der Waals surface area contributed by atoms with Crippen molar-refractivity contribution in [3.05, 3.63) is 223 Å². The number of nitrogens with zero attached hydrogens (tertiary/aromatic N) is 5. The van der Waals surface area contributed by atoms with Crippen molar-refractivity contribution < 1.29 is 0 Å². The first kappa shape index (κ1) is 38.3. The summed E-state index contributed by atoms with van der Waals surface area (Å²) in [5.41, 5.74) is 12.4. The van der Waals surface area contributed by atoms with E-state index >= 15 is 0 Å². The first-order valence-electron chi connectivity index (χ1n) is 22.3. The van der Waals surface area contributed by atoms with Gasteiger partial charge in [0, 0.05) is 27.8 Å². The molecule has 0 N–H and O–H groups in total. The number of hydrogen-bond donors (Lipinski definition) is 0. The minimum absolute atomic E-state index is 0.659. The molecule has 5 nitrogen and oxygen atoms in total. The van der Waals surface area contributed by atoms with Gasteiger partial charge in [0.1, 0.15) is 0 Å². The molecular formula is C60H41N5. The second kappa shape index (κ2) is 16.4. The van der Waals surface area contributed by atoms with E-state index in [0.29, 0.717) is 23.3 Å². The lowest BCUT2D eigenvalue weighted by Gasteiger charge is -2.21. The highest BCUT2D eigenvalue weighted by Gasteiger charge is 2.25. The van der Waals surface area contributed by atoms with Crippen LogP contribution in [0.25, 0.3) is 112 Å². The molecule has 0 spiro atoms. The Morgan fingerprint density at radius 3 is 1.78 bits per heavy atom. The Hall–Kier alpha value is -8.41. The molecule has 2 aromatic heterocycles. The Bertz CT molecular complexity index is 3600. The van der Waals surface area contributed by atoms with Crippen LogP contribution in [-0.2, 0) is 6.42 Å². The van der Waals surface area contributed by atoms with Crippen LogP contribution in [0.1, 0.15) is 29.8 Å². The van der Waals surface area contributed by atoms with Crippen LogP contribution in [-0.4, -0.2) is 24.9 Å². The van der Waals surface area contributed by atoms with Crippen LogP contribution in [0.2, 0.25) is 0 Å². The van der Waals surface area contributed by atoms with Crippen molar-refractivity contribution in [2.75, 3.05) is 0 Å². The Labute approximate surface area is 377 Å². The van der Waals surface area contributed by atoms with Crippen molar-refractivity contribution in [2.45, 2.75) is 19.3 Å². The molecule has 0 aliphatic heterocycles. The number of fused-ring (bicyclic) bond motifs is 6. The maximum Gasteiger partial charge on any atom is 0.165 e. The second-order valence-corrected chi connectivity index (χ2v) is 16.6. The fourth-order valence-electron chi connectivity index (χ4n) is 9.46. The summed E-state index contributed by atoms with van der Waals surface area (Å²) in [7, 11) is 0. The highest BCUT2D eigenvalue weighted by atomic mass is 15.0. The van der Waals surface area contributed by atoms with Gasteiger partial charge < -0.3 is 0 Å². The molecule has 2 heterocycles. The van der Waals surface area contributed by atoms with E-state index in [9.17, 15) is 0 Å². The number of rotatable bonds is 7. The molecule has 5 heteroatoms. The van der Waals surface area contributed by atoms with E-state index in [1.807, 2.05) is 24.3 Å². The molecule has 65 heavy (non-hydrogen) atoms. The van der Waals surface area contributed by atoms with E-state index in [0.717, 1.165) is 80.6 Å². The van der Waals surface area contributed by atoms with Gasteiger partial charge in [0.25, 0.3) is 0 Å². The molecule has 0 unspecified atom stereocenters. The van der Waals surface area contributed by atoms with E-state index in [2.05, 4.69) is 188 Å². The van der Waals surface area contributed by atoms with Gasteiger partial charge in [-0.05, 0) is 91.5 Å². The summed E-state index contributed by atoms with van der Waals surface area (Å²) in [6.45, 7) is 0. The molecule has 0 radical (unpaired) electrons. The molecule has 2 aliphatic rings. The summed E-state index contributed by atoms with van der Waals surface area (Å²) in [5.74, 6) is 2.70. The van der Waals surface area contributed by atoms with Crippen molar-refractivity contribution in [1.82, 2.24) is 24.9 Å². The number of aromatic nitrogens is 5. The molecule has 0 bridgehead atoms. The second-order valence-electron chi connectivity index (χ2n) is 16.6. The number of benzene rings is 8. The lowest BCUT2D eigenvalue weighted by molar-refractivity contribution is 0.978. The minimum atomic E-state index is 0.659. The third-order valence-corrected chi connectivity index (χ3v) is 12.7. The van der Waals surface area contributed by atoms with Gasteiger partial charge in [-0.25, -0.2) is 24.9 Å². The van der Waals surface area contributed by atoms with Gasteiger partial charge in [-0.1, -0.05) is 200 Å². The summed E-state index contributed by atoms with van der Waals surface area (Å²) in [6, 6.07) is 59.8. The first-order chi connectivity index (χ1) is 32.2. The zero-order chi connectivity index (χ0) is 43.1. The Morgan fingerprint density at radius 1 is 0.369 bits per heavy atom. The molecule has 8 aromatic carbocycles. The summed E-state index contributed by atoms with van der Waals surface area (Å²) in [6.07, 6.45) is 17.8. The normalized spacial score (nSPS) is 13.3. The van der Waals surface area contributed by atoms with Crippen LogP contribution < -0.4 is 0 Å². The van der Waals surface area contributed by atoms with Crippen LogP contribution in [0.5, 0.6) is 0 Å². The van der Waals surface area contributed by atoms with Crippen LogP contribution in [0.4, 0.5) is 0 Å². The first-order valence-corrected chi connectivity index (χ1v) is 22.3. The highest BCUT2D eigenvalue weighted by Crippen LogP contribution is 2.45. The topological polar surface area (TPSA) is 64.5 Å². The summed E-state index contributed by atoms with van der Waals surface area (Å²) in [4.78, 5) is 26.3. The third-order valence-electron chi connectivity index (χ3n) is 12.7. The third kappa shape index (κ3) is 7.13. The maximum absolute atomic E-state index is 5.36. The molecule has 306 valence electrons. The van der Waals surface area contributed by atoms with Crippen molar-refractivity contribution in [3.63, 3.8) is 0 Å². The predicted molar refractivity (Wildman–Crippen MR) is 269 cm³/mol. The molecule has 0 atom stereocenters. The van der Waals surface area contributed by atoms with Gasteiger partial charge in [0.05, 0.1) is 11.4 Å². The van der Waals surface area contributed by atoms with E-state index in [1.165, 1.54) is 38.1 Å². The van der Waals surface area contributed by atoms with Crippen LogP contribution in [0, 0.1) is 0 Å². The van der Waals surface area contributed by atoms with Crippen LogP contribution in [0.3, 0.4) is 0 Å². The standard InChI is InChI=1S/C60H41N5/c1-5-18-40(19-6-1)53-38-54(46-35-36-48-45(37-46)34-29-39-17-13-14-24-47(39)48)62-57(61-53)44-32-30-41(31-33-44)55-51-27-12-4-11-25-49(51)50-26-15-16-28-52(50)56(55)60-64-58(42-20-7-2-8-21-42)63-59(65-60)43-22-9-3-10-23-43/h1-9,11-22,24-26,28-38H,10,23,27H2. The molecule has 0 fully saturated rings. The fourth-order valence-corrected chi connectivity index (χ4v) is 9.46. The average molecular weight is 832 g/mol. The lowest BCUT2D eigenvalue weighted by Crippen LogP contribution is -2.06. The van der Waals surface area contributed by atoms with Crippen molar-refractivity contribution in [2.24, 2.45) is 0 Å². The largest absolute Gasteiger partial charge is 0.228 e. The molecule has 10 aromatic rings. The minimum Gasteiger partial charge on any atom is -0.228 e. The van der Waals surface area contributed by atoms with Gasteiger partial charge >= 0.3 is 0 Å². The van der Waals surface area contributed by atoms with E-state index in [1.54, 1.807) is 0 Å². The van der Waals surface area contributed by atoms with Crippen LogP contribution >= 0.6 is 0 Å². The van der Waals surface area contributed by atoms with Gasteiger partial charge in [-0.15, -0.1) is 0 Å². The number of allylic oxidation sites excluding steroid dienone is 7. The molecule has 12 rings (SSSR count). The quantitative estimate of drug-likeness (QED) is 0.150. The Kier molecular flexibility index (Phi) is 9.64. The molecule has 2 aliphatic carbocycles. The Balaban J connectivity index is 1.04. The Morgan fingerprint density at radius 2 is 0.985 bits per heavy atom. The number of hydrogen-bond acceptors (Lipinski definition) is 5. The maximum atomic E-state index is 5.36. The van der Waals surface area contributed by atoms with Gasteiger partial charge in [-0.2, -0.15) is 0 Å². The van der Waals surface area contributed by atoms with E-state index < -0.39 is 0 Å². The SMILES string of the molecule is C1=CCCC(c2nc(-c3ccccc3)nc(-c3c(-c4ccc(-c5nc(-c6ccccc6)cc(-c6ccc7c(ccc8ccccc87)c6)n5)cc4)c4c(c5ccccc35)C=CC=CC4)n2)=C1. The van der Waals surface area contributed by atoms with Gasteiger partial charge in [-0.3, -0.25) is 0 Å². The van der Waals surface area contributed by atoms with Gasteiger partial charge in [0.15, 0.2) is 23.3 Å². The highest BCUT2D eigenvalue weighted by molar-refractivity contribution is 6.10. The summed E-state index contributed by atoms with van der Waals surface area (Å²) >= 11 is 0. The summed E-state index contributed by atoms with van der Waals surface area (Å²) < 4.78 is 0. The molecule has 0 amide bonds. The van der Waals surface area contributed by atoms with E-state index in [4.69, 9.17) is 24.9 Å². The summed E-state index contributed by atoms with van der Waals surface area (Å²) in [5, 5.41) is 7.14. The smallest absolute Gasteiger partial charge is 0.165 e. The molecular weight excluding hydrogens is 791 g/mol. The zero-order valence-corrected chi connectivity index (χ0v) is 35.6. The fraction of sp³-hybridized carbons (Fsp3) is 0.0500. The monoisotopic (exact) mass is 831 g/mol. The van der Waals surface area contributed by atoms with Crippen LogP contribution in [0.15, 0.2) is 206 Å². The lowest BCUT2D eigenvalue weighted by atomic mass is 9.84. The zero-order valence-electron chi connectivity index (χ0n) is 35.6. The predicted octanol–water partition coefficient (Wildman–Crippen LogP) is 15.0. The average Bonchev–Trinajstić information content (AvgIpc) is 3.65. The molecule has 0 saturated carbocycles. The van der Waals surface area contributed by atoms with Gasteiger partial charge in [0.2, 0.25) is 0 Å². The van der Waals surface area contributed by atoms with Crippen molar-refractivity contribution in [1.29, 1.82) is 0 Å².